The van der Waals surface area contributed by atoms with Crippen LogP contribution in [0.3, 0.4) is 0 Å². The maximum atomic E-state index is 13.1. The van der Waals surface area contributed by atoms with Gasteiger partial charge in [-0.2, -0.15) is 0 Å². The standard InChI is InChI=1S/C25H23NO6/c1-15(2)14-32-19-10-8-17(9-11-19)26-22(16-5-3-6-18(27)13-16)21(24(29)25(26)30)23(28)20-7-4-12-31-20/h3-13,15,22,27,29H,14H2,1-2H3. The Kier molecular flexibility index (Phi) is 5.73. The molecule has 7 heteroatoms. The van der Waals surface area contributed by atoms with Gasteiger partial charge in [0.2, 0.25) is 5.78 Å². The van der Waals surface area contributed by atoms with Crippen molar-refractivity contribution in [3.63, 3.8) is 0 Å². The molecule has 0 saturated heterocycles. The summed E-state index contributed by atoms with van der Waals surface area (Å²) in [5, 5.41) is 20.7. The zero-order chi connectivity index (χ0) is 22.8. The van der Waals surface area contributed by atoms with Gasteiger partial charge in [0.15, 0.2) is 11.5 Å². The fourth-order valence-electron chi connectivity index (χ4n) is 3.62. The van der Waals surface area contributed by atoms with Gasteiger partial charge in [-0.25, -0.2) is 0 Å². The van der Waals surface area contributed by atoms with Crippen LogP contribution in [0.5, 0.6) is 11.5 Å². The number of Topliss-reactive ketones (excluding diaryl/α,β-unsaturated/α-hetero) is 1. The summed E-state index contributed by atoms with van der Waals surface area (Å²) in [5.74, 6) is -0.988. The third-order valence-corrected chi connectivity index (χ3v) is 5.08. The number of rotatable bonds is 7. The summed E-state index contributed by atoms with van der Waals surface area (Å²) in [4.78, 5) is 27.6. The number of carbonyl (C=O) groups is 2. The molecule has 32 heavy (non-hydrogen) atoms. The molecule has 2 aromatic carbocycles. The number of aliphatic hydroxyl groups excluding tert-OH is 1. The van der Waals surface area contributed by atoms with Crippen molar-refractivity contribution in [2.24, 2.45) is 5.92 Å². The minimum atomic E-state index is -0.949. The van der Waals surface area contributed by atoms with E-state index in [1.54, 1.807) is 42.5 Å². The number of amides is 1. The van der Waals surface area contributed by atoms with Crippen LogP contribution < -0.4 is 9.64 Å². The van der Waals surface area contributed by atoms with Crippen molar-refractivity contribution in [2.45, 2.75) is 19.9 Å². The smallest absolute Gasteiger partial charge is 0.294 e. The maximum Gasteiger partial charge on any atom is 0.294 e. The second kappa shape index (κ2) is 8.63. The van der Waals surface area contributed by atoms with E-state index >= 15 is 0 Å². The van der Waals surface area contributed by atoms with Gasteiger partial charge in [-0.05, 0) is 60.0 Å². The zero-order valence-corrected chi connectivity index (χ0v) is 17.7. The third kappa shape index (κ3) is 3.97. The number of aliphatic hydroxyl groups is 1. The first-order valence-corrected chi connectivity index (χ1v) is 10.2. The molecule has 164 valence electrons. The second-order valence-electron chi connectivity index (χ2n) is 7.94. The molecule has 0 fully saturated rings. The summed E-state index contributed by atoms with van der Waals surface area (Å²) in [7, 11) is 0. The summed E-state index contributed by atoms with van der Waals surface area (Å²) >= 11 is 0. The minimum Gasteiger partial charge on any atom is -0.508 e. The molecule has 0 spiro atoms. The summed E-state index contributed by atoms with van der Waals surface area (Å²) < 4.78 is 10.9. The average Bonchev–Trinajstić information content (AvgIpc) is 3.40. The lowest BCUT2D eigenvalue weighted by molar-refractivity contribution is -0.117. The van der Waals surface area contributed by atoms with Crippen LogP contribution in [0, 0.1) is 5.92 Å². The molecular formula is C25H23NO6. The predicted molar refractivity (Wildman–Crippen MR) is 118 cm³/mol. The summed E-state index contributed by atoms with van der Waals surface area (Å²) in [6, 6.07) is 15.2. The molecule has 2 N–H and O–H groups in total. The number of hydrogen-bond acceptors (Lipinski definition) is 6. The lowest BCUT2D eigenvalue weighted by Crippen LogP contribution is -2.31. The number of carbonyl (C=O) groups excluding carboxylic acids is 2. The normalized spacial score (nSPS) is 16.2. The molecule has 1 amide bonds. The van der Waals surface area contributed by atoms with E-state index in [0.717, 1.165) is 0 Å². The quantitative estimate of drug-likeness (QED) is 0.519. The van der Waals surface area contributed by atoms with Gasteiger partial charge < -0.3 is 19.4 Å². The number of ether oxygens (including phenoxy) is 1. The van der Waals surface area contributed by atoms with Gasteiger partial charge in [0.05, 0.1) is 24.5 Å². The molecule has 1 aromatic heterocycles. The Hall–Kier alpha value is -4.00. The lowest BCUT2D eigenvalue weighted by atomic mass is 9.94. The van der Waals surface area contributed by atoms with Gasteiger partial charge in [-0.3, -0.25) is 14.5 Å². The molecule has 1 aliphatic rings. The number of ketones is 1. The molecular weight excluding hydrogens is 410 g/mol. The van der Waals surface area contributed by atoms with Crippen LogP contribution in [0.4, 0.5) is 5.69 Å². The van der Waals surface area contributed by atoms with Gasteiger partial charge in [-0.1, -0.05) is 26.0 Å². The van der Waals surface area contributed by atoms with E-state index in [4.69, 9.17) is 9.15 Å². The largest absolute Gasteiger partial charge is 0.508 e. The Bertz CT molecular complexity index is 1160. The number of phenols is 1. The molecule has 0 radical (unpaired) electrons. The van der Waals surface area contributed by atoms with Crippen LogP contribution in [0.25, 0.3) is 0 Å². The van der Waals surface area contributed by atoms with E-state index in [9.17, 15) is 19.8 Å². The fraction of sp³-hybridized carbons (Fsp3) is 0.200. The Morgan fingerprint density at radius 3 is 2.47 bits per heavy atom. The summed E-state index contributed by atoms with van der Waals surface area (Å²) in [5.41, 5.74) is 0.821. The Morgan fingerprint density at radius 2 is 1.84 bits per heavy atom. The third-order valence-electron chi connectivity index (χ3n) is 5.08. The lowest BCUT2D eigenvalue weighted by Gasteiger charge is -2.27. The summed E-state index contributed by atoms with van der Waals surface area (Å²) in [6.45, 7) is 4.64. The first-order valence-electron chi connectivity index (χ1n) is 10.2. The first-order chi connectivity index (χ1) is 15.4. The topological polar surface area (TPSA) is 100 Å². The van der Waals surface area contributed by atoms with Crippen LogP contribution in [0.1, 0.15) is 36.0 Å². The highest BCUT2D eigenvalue weighted by Gasteiger charge is 2.45. The van der Waals surface area contributed by atoms with Crippen LogP contribution in [-0.4, -0.2) is 28.5 Å². The number of phenolic OH excluding ortho intramolecular Hbond substituents is 1. The van der Waals surface area contributed by atoms with Gasteiger partial charge in [0, 0.05) is 5.69 Å². The molecule has 2 heterocycles. The van der Waals surface area contributed by atoms with Crippen molar-refractivity contribution >= 4 is 17.4 Å². The molecule has 4 rings (SSSR count). The van der Waals surface area contributed by atoms with Crippen LogP contribution in [0.15, 0.2) is 82.7 Å². The molecule has 7 nitrogen and oxygen atoms in total. The van der Waals surface area contributed by atoms with Crippen molar-refractivity contribution in [1.82, 2.24) is 0 Å². The number of hydrogen-bond donors (Lipinski definition) is 2. The van der Waals surface area contributed by atoms with Crippen LogP contribution in [-0.2, 0) is 4.79 Å². The van der Waals surface area contributed by atoms with Gasteiger partial charge in [-0.15, -0.1) is 0 Å². The Morgan fingerprint density at radius 1 is 1.09 bits per heavy atom. The van der Waals surface area contributed by atoms with Crippen molar-refractivity contribution in [3.8, 4) is 11.5 Å². The predicted octanol–water partition coefficient (Wildman–Crippen LogP) is 4.80. The molecule has 1 atom stereocenters. The van der Waals surface area contributed by atoms with Crippen molar-refractivity contribution in [1.29, 1.82) is 0 Å². The molecule has 0 bridgehead atoms. The molecule has 3 aromatic rings. The molecule has 0 aliphatic carbocycles. The first kappa shape index (κ1) is 21.2. The minimum absolute atomic E-state index is 0.00351. The van der Waals surface area contributed by atoms with E-state index < -0.39 is 23.5 Å². The van der Waals surface area contributed by atoms with E-state index in [1.807, 2.05) is 13.8 Å². The maximum absolute atomic E-state index is 13.1. The molecule has 1 unspecified atom stereocenters. The zero-order valence-electron chi connectivity index (χ0n) is 17.7. The second-order valence-corrected chi connectivity index (χ2v) is 7.94. The summed E-state index contributed by atoms with van der Waals surface area (Å²) in [6.07, 6.45) is 1.35. The fourth-order valence-corrected chi connectivity index (χ4v) is 3.62. The number of anilines is 1. The van der Waals surface area contributed by atoms with Gasteiger partial charge in [0.25, 0.3) is 5.91 Å². The Labute approximate surface area is 185 Å². The highest BCUT2D eigenvalue weighted by Crippen LogP contribution is 2.42. The molecule has 1 aliphatic heterocycles. The van der Waals surface area contributed by atoms with Crippen molar-refractivity contribution < 1.29 is 29.0 Å². The highest BCUT2D eigenvalue weighted by molar-refractivity contribution is 6.20. The van der Waals surface area contributed by atoms with Crippen LogP contribution >= 0.6 is 0 Å². The van der Waals surface area contributed by atoms with E-state index in [-0.39, 0.29) is 17.1 Å². The van der Waals surface area contributed by atoms with Gasteiger partial charge >= 0.3 is 0 Å². The number of aromatic hydroxyl groups is 1. The van der Waals surface area contributed by atoms with E-state index in [1.165, 1.54) is 29.4 Å². The SMILES string of the molecule is CC(C)COc1ccc(N2C(=O)C(O)=C(C(=O)c3ccco3)C2c2cccc(O)c2)cc1. The average molecular weight is 433 g/mol. The van der Waals surface area contributed by atoms with Crippen molar-refractivity contribution in [2.75, 3.05) is 11.5 Å². The monoisotopic (exact) mass is 433 g/mol. The van der Waals surface area contributed by atoms with Crippen molar-refractivity contribution in [3.05, 3.63) is 89.6 Å². The highest BCUT2D eigenvalue weighted by atomic mass is 16.5. The van der Waals surface area contributed by atoms with E-state index in [2.05, 4.69) is 0 Å². The number of benzene rings is 2. The number of furan rings is 1. The Balaban J connectivity index is 1.76. The van der Waals surface area contributed by atoms with Gasteiger partial charge in [0.1, 0.15) is 11.5 Å². The van der Waals surface area contributed by atoms with E-state index in [0.29, 0.717) is 29.5 Å². The number of nitrogens with zero attached hydrogens (tertiary/aromatic N) is 1. The van der Waals surface area contributed by atoms with Crippen LogP contribution in [0.2, 0.25) is 0 Å². The molecule has 0 saturated carbocycles.